The van der Waals surface area contributed by atoms with Gasteiger partial charge in [-0.15, -0.1) is 0 Å². The van der Waals surface area contributed by atoms with E-state index in [2.05, 4.69) is 9.50 Å². The van der Waals surface area contributed by atoms with Crippen LogP contribution in [0.15, 0.2) is 66.7 Å². The summed E-state index contributed by atoms with van der Waals surface area (Å²) in [7, 11) is -5.41. The average molecular weight is 457 g/mol. The van der Waals surface area contributed by atoms with Crippen LogP contribution in [-0.4, -0.2) is 32.2 Å². The van der Waals surface area contributed by atoms with E-state index in [9.17, 15) is 27.0 Å². The third-order valence-electron chi connectivity index (χ3n) is 4.99. The van der Waals surface area contributed by atoms with Gasteiger partial charge in [0.15, 0.2) is 5.75 Å². The van der Waals surface area contributed by atoms with Crippen molar-refractivity contribution < 1.29 is 35.9 Å². The summed E-state index contributed by atoms with van der Waals surface area (Å²) in [4.78, 5) is 23.7. The Balaban J connectivity index is 1.48. The molecular formula is C22H16FNO7S. The van der Waals surface area contributed by atoms with Gasteiger partial charge in [0.05, 0.1) is 0 Å². The Morgan fingerprint density at radius 3 is 2.12 bits per heavy atom. The SMILES string of the molecule is O=C(Nc1ccc(OS(=O)(=O)F)c(C(=O)O)c1)OCC1c2ccccc2-c2ccccc21. The van der Waals surface area contributed by atoms with Crippen LogP contribution < -0.4 is 9.50 Å². The molecule has 0 heterocycles. The molecule has 0 unspecified atom stereocenters. The standard InChI is InChI=1S/C22H16FNO7S/c23-32(28,29)31-20-10-9-13(11-18(20)21(25)26)24-22(27)30-12-19-16-7-3-1-5-14(16)15-6-2-4-8-17(15)19/h1-11,19H,12H2,(H,24,27)(H,25,26). The van der Waals surface area contributed by atoms with Gasteiger partial charge in [-0.2, -0.15) is 8.42 Å². The molecule has 0 saturated heterocycles. The quantitative estimate of drug-likeness (QED) is 0.529. The molecule has 1 amide bonds. The van der Waals surface area contributed by atoms with Crippen molar-refractivity contribution in [2.24, 2.45) is 0 Å². The molecule has 2 N–H and O–H groups in total. The summed E-state index contributed by atoms with van der Waals surface area (Å²) in [5.74, 6) is -2.45. The lowest BCUT2D eigenvalue weighted by Gasteiger charge is -2.15. The predicted octanol–water partition coefficient (Wildman–Crippen LogP) is 4.34. The summed E-state index contributed by atoms with van der Waals surface area (Å²) in [5, 5.41) is 11.6. The van der Waals surface area contributed by atoms with Crippen LogP contribution in [0.5, 0.6) is 5.75 Å². The fourth-order valence-electron chi connectivity index (χ4n) is 3.71. The minimum atomic E-state index is -5.41. The summed E-state index contributed by atoms with van der Waals surface area (Å²) in [6.07, 6.45) is -0.838. The molecule has 0 atom stereocenters. The van der Waals surface area contributed by atoms with E-state index in [0.29, 0.717) is 0 Å². The first kappa shape index (κ1) is 21.3. The lowest BCUT2D eigenvalue weighted by atomic mass is 9.98. The number of hydrogen-bond acceptors (Lipinski definition) is 6. The molecule has 3 aromatic carbocycles. The maximum atomic E-state index is 12.8. The highest BCUT2D eigenvalue weighted by molar-refractivity contribution is 7.81. The largest absolute Gasteiger partial charge is 0.488 e. The van der Waals surface area contributed by atoms with E-state index >= 15 is 0 Å². The minimum Gasteiger partial charge on any atom is -0.478 e. The normalized spacial score (nSPS) is 12.5. The van der Waals surface area contributed by atoms with Gasteiger partial charge in [-0.1, -0.05) is 52.4 Å². The van der Waals surface area contributed by atoms with Crippen molar-refractivity contribution in [1.29, 1.82) is 0 Å². The number of anilines is 1. The highest BCUT2D eigenvalue weighted by atomic mass is 32.3. The van der Waals surface area contributed by atoms with E-state index in [1.165, 1.54) is 0 Å². The van der Waals surface area contributed by atoms with Crippen molar-refractivity contribution in [1.82, 2.24) is 0 Å². The fraction of sp³-hybridized carbons (Fsp3) is 0.0909. The second-order valence-electron chi connectivity index (χ2n) is 6.94. The third kappa shape index (κ3) is 4.40. The predicted molar refractivity (Wildman–Crippen MR) is 113 cm³/mol. The molecule has 0 aliphatic heterocycles. The van der Waals surface area contributed by atoms with E-state index in [1.807, 2.05) is 48.5 Å². The molecule has 0 spiro atoms. The summed E-state index contributed by atoms with van der Waals surface area (Å²) in [5.41, 5.74) is 3.56. The Bertz CT molecular complexity index is 1280. The Morgan fingerprint density at radius 1 is 0.969 bits per heavy atom. The molecule has 164 valence electrons. The highest BCUT2D eigenvalue weighted by Crippen LogP contribution is 2.44. The molecule has 0 saturated carbocycles. The Kier molecular flexibility index (Phi) is 5.54. The van der Waals surface area contributed by atoms with Gasteiger partial charge in [-0.3, -0.25) is 5.32 Å². The average Bonchev–Trinajstić information content (AvgIpc) is 3.06. The third-order valence-corrected chi connectivity index (χ3v) is 5.37. The number of rotatable bonds is 6. The molecule has 0 fully saturated rings. The minimum absolute atomic E-state index is 0.00299. The zero-order valence-electron chi connectivity index (χ0n) is 16.3. The summed E-state index contributed by atoms with van der Waals surface area (Å²) < 4.78 is 43.4. The number of nitrogens with one attached hydrogen (secondary N) is 1. The number of halogens is 1. The van der Waals surface area contributed by atoms with Crippen molar-refractivity contribution in [3.8, 4) is 16.9 Å². The molecule has 0 bridgehead atoms. The lowest BCUT2D eigenvalue weighted by molar-refractivity contribution is 0.0695. The van der Waals surface area contributed by atoms with Gasteiger partial charge in [0.2, 0.25) is 0 Å². The fourth-order valence-corrected chi connectivity index (χ4v) is 4.07. The number of carboxylic acid groups (broad SMARTS) is 1. The van der Waals surface area contributed by atoms with E-state index < -0.39 is 33.9 Å². The number of carboxylic acids is 1. The van der Waals surface area contributed by atoms with E-state index in [-0.39, 0.29) is 18.2 Å². The molecule has 0 radical (unpaired) electrons. The van der Waals surface area contributed by atoms with Crippen LogP contribution in [0.3, 0.4) is 0 Å². The van der Waals surface area contributed by atoms with Crippen LogP contribution in [0.1, 0.15) is 27.4 Å². The second-order valence-corrected chi connectivity index (χ2v) is 7.90. The maximum absolute atomic E-state index is 12.8. The molecule has 1 aliphatic carbocycles. The first-order valence-electron chi connectivity index (χ1n) is 9.36. The van der Waals surface area contributed by atoms with Crippen molar-refractivity contribution >= 4 is 28.3 Å². The number of hydrogen-bond donors (Lipinski definition) is 2. The Hall–Kier alpha value is -3.92. The number of amides is 1. The number of carbonyl (C=O) groups excluding carboxylic acids is 1. The van der Waals surface area contributed by atoms with Gasteiger partial charge >= 0.3 is 22.6 Å². The van der Waals surface area contributed by atoms with Crippen LogP contribution >= 0.6 is 0 Å². The summed E-state index contributed by atoms with van der Waals surface area (Å²) in [6.45, 7) is 0.0485. The zero-order valence-corrected chi connectivity index (χ0v) is 17.1. The van der Waals surface area contributed by atoms with Gasteiger partial charge in [0.25, 0.3) is 0 Å². The van der Waals surface area contributed by atoms with Crippen molar-refractivity contribution in [3.05, 3.63) is 83.4 Å². The van der Waals surface area contributed by atoms with Gasteiger partial charge in [-0.25, -0.2) is 9.59 Å². The smallest absolute Gasteiger partial charge is 0.478 e. The lowest BCUT2D eigenvalue weighted by Crippen LogP contribution is -2.18. The van der Waals surface area contributed by atoms with Gasteiger partial charge in [0.1, 0.15) is 12.2 Å². The van der Waals surface area contributed by atoms with Crippen LogP contribution in [0.25, 0.3) is 11.1 Å². The molecule has 8 nitrogen and oxygen atoms in total. The van der Waals surface area contributed by atoms with Gasteiger partial charge in [0, 0.05) is 11.6 Å². The van der Waals surface area contributed by atoms with Crippen LogP contribution in [0, 0.1) is 0 Å². The molecule has 32 heavy (non-hydrogen) atoms. The highest BCUT2D eigenvalue weighted by Gasteiger charge is 2.29. The molecule has 1 aliphatic rings. The monoisotopic (exact) mass is 457 g/mol. The summed E-state index contributed by atoms with van der Waals surface area (Å²) >= 11 is 0. The van der Waals surface area contributed by atoms with Crippen molar-refractivity contribution in [2.45, 2.75) is 5.92 Å². The number of ether oxygens (including phenoxy) is 1. The van der Waals surface area contributed by atoms with Crippen molar-refractivity contribution in [2.75, 3.05) is 11.9 Å². The van der Waals surface area contributed by atoms with Crippen LogP contribution in [0.2, 0.25) is 0 Å². The second kappa shape index (κ2) is 8.31. The molecular weight excluding hydrogens is 441 g/mol. The topological polar surface area (TPSA) is 119 Å². The van der Waals surface area contributed by atoms with Crippen molar-refractivity contribution in [3.63, 3.8) is 0 Å². The van der Waals surface area contributed by atoms with Gasteiger partial charge in [-0.05, 0) is 40.5 Å². The zero-order chi connectivity index (χ0) is 22.9. The maximum Gasteiger partial charge on any atom is 0.488 e. The molecule has 0 aromatic heterocycles. The molecule has 3 aromatic rings. The van der Waals surface area contributed by atoms with E-state index in [4.69, 9.17) is 4.74 Å². The van der Waals surface area contributed by atoms with E-state index in [1.54, 1.807) is 0 Å². The number of carbonyl (C=O) groups is 2. The Morgan fingerprint density at radius 2 is 1.56 bits per heavy atom. The summed E-state index contributed by atoms with van der Waals surface area (Å²) in [6, 6.07) is 18.7. The number of fused-ring (bicyclic) bond motifs is 3. The Labute approximate surface area is 182 Å². The number of benzene rings is 3. The van der Waals surface area contributed by atoms with Crippen LogP contribution in [-0.2, 0) is 15.2 Å². The van der Waals surface area contributed by atoms with Crippen LogP contribution in [0.4, 0.5) is 14.4 Å². The van der Waals surface area contributed by atoms with E-state index in [0.717, 1.165) is 40.5 Å². The molecule has 4 rings (SSSR count). The van der Waals surface area contributed by atoms with Gasteiger partial charge < -0.3 is 14.0 Å². The first-order valence-corrected chi connectivity index (χ1v) is 10.7. The number of aromatic carboxylic acids is 1. The molecule has 10 heteroatoms. The first-order chi connectivity index (χ1) is 15.2.